The summed E-state index contributed by atoms with van der Waals surface area (Å²) in [6.45, 7) is 4.86. The number of carbonyl (C=O) groups excluding carboxylic acids is 3. The first-order chi connectivity index (χ1) is 14.8. The fourth-order valence-corrected chi connectivity index (χ4v) is 4.82. The summed E-state index contributed by atoms with van der Waals surface area (Å²) in [7, 11) is 0. The van der Waals surface area contributed by atoms with E-state index in [-0.39, 0.29) is 30.3 Å². The maximum atomic E-state index is 13.5. The van der Waals surface area contributed by atoms with Crippen molar-refractivity contribution in [3.8, 4) is 0 Å². The van der Waals surface area contributed by atoms with Gasteiger partial charge in [-0.3, -0.25) is 9.59 Å². The minimum Gasteiger partial charge on any atom is -0.370 e. The Morgan fingerprint density at radius 3 is 2.42 bits per heavy atom. The van der Waals surface area contributed by atoms with Crippen LogP contribution in [-0.2, 0) is 16.1 Å². The first kappa shape index (κ1) is 23.1. The molecular weight excluding hydrogens is 392 g/mol. The summed E-state index contributed by atoms with van der Waals surface area (Å²) in [6.07, 6.45) is 5.93. The third kappa shape index (κ3) is 6.21. The fourth-order valence-electron chi connectivity index (χ4n) is 4.82. The highest BCUT2D eigenvalue weighted by Crippen LogP contribution is 2.27. The van der Waals surface area contributed by atoms with Crippen LogP contribution in [0.4, 0.5) is 4.79 Å². The van der Waals surface area contributed by atoms with E-state index in [0.29, 0.717) is 19.5 Å². The van der Waals surface area contributed by atoms with Crippen LogP contribution in [0.3, 0.4) is 0 Å². The van der Waals surface area contributed by atoms with Crippen molar-refractivity contribution in [2.45, 2.75) is 83.5 Å². The number of nitrogens with two attached hydrogens (primary N) is 1. The second-order valence-corrected chi connectivity index (χ2v) is 9.37. The Hall–Kier alpha value is -2.57. The summed E-state index contributed by atoms with van der Waals surface area (Å²) in [6, 6.07) is 8.67. The highest BCUT2D eigenvalue weighted by Gasteiger charge is 2.44. The van der Waals surface area contributed by atoms with E-state index in [1.165, 1.54) is 6.42 Å². The summed E-state index contributed by atoms with van der Waals surface area (Å²) < 4.78 is 0. The van der Waals surface area contributed by atoms with Crippen molar-refractivity contribution in [1.29, 1.82) is 0 Å². The van der Waals surface area contributed by atoms with Gasteiger partial charge >= 0.3 is 6.03 Å². The largest absolute Gasteiger partial charge is 0.370 e. The van der Waals surface area contributed by atoms with Gasteiger partial charge in [-0.1, -0.05) is 63.4 Å². The molecule has 1 heterocycles. The average molecular weight is 429 g/mol. The number of rotatable bonds is 7. The molecule has 3 rings (SSSR count). The van der Waals surface area contributed by atoms with E-state index in [1.807, 2.05) is 44.2 Å². The van der Waals surface area contributed by atoms with Gasteiger partial charge in [0.05, 0.1) is 6.04 Å². The molecule has 1 aromatic carbocycles. The maximum absolute atomic E-state index is 13.5. The summed E-state index contributed by atoms with van der Waals surface area (Å²) >= 11 is 0. The zero-order valence-corrected chi connectivity index (χ0v) is 18.8. The Balaban J connectivity index is 1.84. The van der Waals surface area contributed by atoms with Crippen LogP contribution in [-0.4, -0.2) is 52.3 Å². The van der Waals surface area contributed by atoms with Crippen molar-refractivity contribution in [2.75, 3.05) is 6.54 Å². The number of hydrogen-bond acceptors (Lipinski definition) is 3. The minimum absolute atomic E-state index is 0.0469. The Labute approximate surface area is 185 Å². The van der Waals surface area contributed by atoms with Crippen molar-refractivity contribution < 1.29 is 14.4 Å². The summed E-state index contributed by atoms with van der Waals surface area (Å²) in [5.41, 5.74) is 6.57. The summed E-state index contributed by atoms with van der Waals surface area (Å²) in [5, 5.41) is 3.14. The number of nitrogens with one attached hydrogen (secondary N) is 1. The van der Waals surface area contributed by atoms with E-state index in [4.69, 9.17) is 5.73 Å². The normalized spacial score (nSPS) is 22.6. The second kappa shape index (κ2) is 10.6. The van der Waals surface area contributed by atoms with Crippen LogP contribution < -0.4 is 11.1 Å². The molecule has 0 radical (unpaired) electrons. The molecule has 0 bridgehead atoms. The molecule has 7 heteroatoms. The van der Waals surface area contributed by atoms with Gasteiger partial charge in [-0.25, -0.2) is 4.79 Å². The Morgan fingerprint density at radius 2 is 1.81 bits per heavy atom. The van der Waals surface area contributed by atoms with Crippen LogP contribution in [0.2, 0.25) is 0 Å². The third-order valence-corrected chi connectivity index (χ3v) is 6.27. The number of hydrogen-bond donors (Lipinski definition) is 2. The summed E-state index contributed by atoms with van der Waals surface area (Å²) in [5.74, 6) is -0.292. The van der Waals surface area contributed by atoms with E-state index in [2.05, 4.69) is 5.32 Å². The maximum Gasteiger partial charge on any atom is 0.318 e. The van der Waals surface area contributed by atoms with Gasteiger partial charge < -0.3 is 20.9 Å². The van der Waals surface area contributed by atoms with Crippen LogP contribution in [0.15, 0.2) is 30.3 Å². The number of piperazine rings is 1. The van der Waals surface area contributed by atoms with E-state index >= 15 is 0 Å². The molecule has 7 nitrogen and oxygen atoms in total. The van der Waals surface area contributed by atoms with Crippen molar-refractivity contribution >= 4 is 17.8 Å². The number of nitrogens with zero attached hydrogens (tertiary/aromatic N) is 2. The van der Waals surface area contributed by atoms with Crippen molar-refractivity contribution in [3.63, 3.8) is 0 Å². The van der Waals surface area contributed by atoms with Crippen LogP contribution >= 0.6 is 0 Å². The molecule has 2 aliphatic rings. The van der Waals surface area contributed by atoms with E-state index in [0.717, 1.165) is 31.2 Å². The molecule has 4 amide bonds. The van der Waals surface area contributed by atoms with Gasteiger partial charge in [-0.2, -0.15) is 0 Å². The van der Waals surface area contributed by atoms with Gasteiger partial charge in [0.25, 0.3) is 0 Å². The van der Waals surface area contributed by atoms with Gasteiger partial charge in [-0.15, -0.1) is 0 Å². The molecule has 1 aliphatic heterocycles. The smallest absolute Gasteiger partial charge is 0.318 e. The molecule has 0 aromatic heterocycles. The number of urea groups is 1. The molecule has 170 valence electrons. The lowest BCUT2D eigenvalue weighted by Crippen LogP contribution is -2.66. The second-order valence-electron chi connectivity index (χ2n) is 9.37. The van der Waals surface area contributed by atoms with Crippen LogP contribution in [0.1, 0.15) is 64.4 Å². The zero-order valence-electron chi connectivity index (χ0n) is 18.8. The molecule has 3 N–H and O–H groups in total. The number of primary amides is 1. The van der Waals surface area contributed by atoms with Crippen molar-refractivity contribution in [3.05, 3.63) is 35.9 Å². The predicted molar refractivity (Wildman–Crippen MR) is 120 cm³/mol. The van der Waals surface area contributed by atoms with Gasteiger partial charge in [0.15, 0.2) is 0 Å². The topological polar surface area (TPSA) is 95.7 Å². The quantitative estimate of drug-likeness (QED) is 0.699. The standard InChI is InChI=1S/C24H36N4O3/c1-17(2)13-21-23(30)27(15-18-9-5-3-6-10-18)16-20(14-22(25)29)28(21)24(31)26-19-11-7-4-8-12-19/h3,5-6,9-10,17,19-21H,4,7-8,11-16H2,1-2H3,(H2,25,29)(H,26,31). The number of benzene rings is 1. The van der Waals surface area contributed by atoms with Crippen LogP contribution in [0.25, 0.3) is 0 Å². The number of amides is 4. The van der Waals surface area contributed by atoms with Gasteiger partial charge in [0.2, 0.25) is 11.8 Å². The monoisotopic (exact) mass is 428 g/mol. The zero-order chi connectivity index (χ0) is 22.4. The molecule has 1 saturated carbocycles. The lowest BCUT2D eigenvalue weighted by Gasteiger charge is -2.46. The minimum atomic E-state index is -0.592. The van der Waals surface area contributed by atoms with E-state index in [9.17, 15) is 14.4 Å². The number of carbonyl (C=O) groups is 3. The molecule has 31 heavy (non-hydrogen) atoms. The molecule has 1 saturated heterocycles. The highest BCUT2D eigenvalue weighted by molar-refractivity contribution is 5.89. The molecule has 1 aromatic rings. The van der Waals surface area contributed by atoms with E-state index in [1.54, 1.807) is 9.80 Å². The first-order valence-corrected chi connectivity index (χ1v) is 11.5. The van der Waals surface area contributed by atoms with Crippen LogP contribution in [0, 0.1) is 5.92 Å². The van der Waals surface area contributed by atoms with Gasteiger partial charge in [-0.05, 0) is 30.7 Å². The SMILES string of the molecule is CC(C)CC1C(=O)N(Cc2ccccc2)CC(CC(N)=O)N1C(=O)NC1CCCCC1. The van der Waals surface area contributed by atoms with Crippen molar-refractivity contribution in [2.24, 2.45) is 11.7 Å². The molecule has 0 spiro atoms. The lowest BCUT2D eigenvalue weighted by atomic mass is 9.94. The molecule has 2 unspecified atom stereocenters. The lowest BCUT2D eigenvalue weighted by molar-refractivity contribution is -0.145. The fraction of sp³-hybridized carbons (Fsp3) is 0.625. The third-order valence-electron chi connectivity index (χ3n) is 6.27. The highest BCUT2D eigenvalue weighted by atomic mass is 16.2. The Bertz CT molecular complexity index is 761. The molecular formula is C24H36N4O3. The van der Waals surface area contributed by atoms with Crippen LogP contribution in [0.5, 0.6) is 0 Å². The van der Waals surface area contributed by atoms with E-state index < -0.39 is 18.0 Å². The first-order valence-electron chi connectivity index (χ1n) is 11.5. The Morgan fingerprint density at radius 1 is 1.13 bits per heavy atom. The van der Waals surface area contributed by atoms with Gasteiger partial charge in [0.1, 0.15) is 6.04 Å². The summed E-state index contributed by atoms with van der Waals surface area (Å²) in [4.78, 5) is 42.1. The molecule has 2 atom stereocenters. The van der Waals surface area contributed by atoms with Gasteiger partial charge in [0, 0.05) is 25.6 Å². The Kier molecular flexibility index (Phi) is 7.93. The average Bonchev–Trinajstić information content (AvgIpc) is 2.72. The predicted octanol–water partition coefficient (Wildman–Crippen LogP) is 3.03. The molecule has 1 aliphatic carbocycles. The molecule has 2 fully saturated rings. The van der Waals surface area contributed by atoms with Crippen molar-refractivity contribution in [1.82, 2.24) is 15.1 Å².